The van der Waals surface area contributed by atoms with Crippen LogP contribution in [-0.2, 0) is 6.54 Å². The van der Waals surface area contributed by atoms with Crippen molar-refractivity contribution in [1.82, 2.24) is 5.32 Å². The van der Waals surface area contributed by atoms with E-state index in [1.807, 2.05) is 6.08 Å². The largest absolute Gasteiger partial charge is 0.309 e. The van der Waals surface area contributed by atoms with Gasteiger partial charge in [-0.15, -0.1) is 19.0 Å². The lowest BCUT2D eigenvalue weighted by atomic mass is 9.97. The number of hydrogen-bond donors (Lipinski definition) is 1. The Bertz CT molecular complexity index is 680. The lowest BCUT2D eigenvalue weighted by Gasteiger charge is -2.11. The third-order valence-electron chi connectivity index (χ3n) is 3.47. The van der Waals surface area contributed by atoms with Crippen LogP contribution in [0.5, 0.6) is 0 Å². The highest BCUT2D eigenvalue weighted by atomic mass is 35.5. The van der Waals surface area contributed by atoms with Crippen molar-refractivity contribution in [1.29, 1.82) is 0 Å². The number of halogens is 1. The van der Waals surface area contributed by atoms with E-state index in [1.165, 1.54) is 27.1 Å². The van der Waals surface area contributed by atoms with Crippen molar-refractivity contribution in [3.05, 3.63) is 72.8 Å². The Labute approximate surface area is 125 Å². The van der Waals surface area contributed by atoms with Crippen LogP contribution in [0.25, 0.3) is 21.5 Å². The van der Waals surface area contributed by atoms with Gasteiger partial charge in [0.15, 0.2) is 0 Å². The van der Waals surface area contributed by atoms with Gasteiger partial charge in [0.05, 0.1) is 0 Å². The van der Waals surface area contributed by atoms with Crippen LogP contribution in [0, 0.1) is 0 Å². The zero-order chi connectivity index (χ0) is 13.1. The Kier molecular flexibility index (Phi) is 4.78. The molecule has 0 amide bonds. The molecular formula is C18H18ClN. The number of hydrogen-bond acceptors (Lipinski definition) is 1. The fourth-order valence-electron chi connectivity index (χ4n) is 2.60. The summed E-state index contributed by atoms with van der Waals surface area (Å²) >= 11 is 0. The molecule has 0 spiro atoms. The Morgan fingerprint density at radius 2 is 1.45 bits per heavy atom. The van der Waals surface area contributed by atoms with Gasteiger partial charge in [-0.1, -0.05) is 54.6 Å². The molecule has 0 aliphatic heterocycles. The van der Waals surface area contributed by atoms with E-state index in [2.05, 4.69) is 66.5 Å². The van der Waals surface area contributed by atoms with Gasteiger partial charge in [0.25, 0.3) is 0 Å². The van der Waals surface area contributed by atoms with Crippen LogP contribution in [0.2, 0.25) is 0 Å². The molecule has 1 N–H and O–H groups in total. The summed E-state index contributed by atoms with van der Waals surface area (Å²) < 4.78 is 0. The van der Waals surface area contributed by atoms with Gasteiger partial charge in [-0.25, -0.2) is 0 Å². The molecular weight excluding hydrogens is 266 g/mol. The van der Waals surface area contributed by atoms with Crippen LogP contribution in [0.4, 0.5) is 0 Å². The van der Waals surface area contributed by atoms with Crippen molar-refractivity contribution in [2.45, 2.75) is 6.54 Å². The van der Waals surface area contributed by atoms with E-state index >= 15 is 0 Å². The second-order valence-corrected chi connectivity index (χ2v) is 4.72. The van der Waals surface area contributed by atoms with Crippen molar-refractivity contribution in [2.75, 3.05) is 6.54 Å². The lowest BCUT2D eigenvalue weighted by Crippen LogP contribution is -2.13. The average Bonchev–Trinajstić information content (AvgIpc) is 2.46. The molecule has 0 fully saturated rings. The standard InChI is InChI=1S/C18H17N.ClH/c1-2-11-19-13-18-16-9-5-3-7-14(16)12-15-8-4-6-10-17(15)18;/h2-10,12,19H,1,11,13H2;1H. The molecule has 0 atom stereocenters. The highest BCUT2D eigenvalue weighted by Gasteiger charge is 2.06. The minimum absolute atomic E-state index is 0. The molecule has 0 aromatic heterocycles. The highest BCUT2D eigenvalue weighted by Crippen LogP contribution is 2.28. The Morgan fingerprint density at radius 3 is 2.00 bits per heavy atom. The first kappa shape index (κ1) is 14.6. The fraction of sp³-hybridized carbons (Fsp3) is 0.111. The van der Waals surface area contributed by atoms with E-state index in [0.29, 0.717) is 0 Å². The van der Waals surface area contributed by atoms with E-state index in [4.69, 9.17) is 0 Å². The van der Waals surface area contributed by atoms with Crippen LogP contribution in [0.3, 0.4) is 0 Å². The summed E-state index contributed by atoms with van der Waals surface area (Å²) in [6.07, 6.45) is 1.90. The number of rotatable bonds is 4. The van der Waals surface area contributed by atoms with E-state index in [9.17, 15) is 0 Å². The molecule has 3 aromatic carbocycles. The third kappa shape index (κ3) is 2.69. The normalized spacial score (nSPS) is 10.4. The van der Waals surface area contributed by atoms with E-state index in [-0.39, 0.29) is 12.4 Å². The number of benzene rings is 3. The second-order valence-electron chi connectivity index (χ2n) is 4.72. The summed E-state index contributed by atoms with van der Waals surface area (Å²) in [5.41, 5.74) is 1.37. The molecule has 102 valence electrons. The van der Waals surface area contributed by atoms with Gasteiger partial charge in [-0.2, -0.15) is 0 Å². The van der Waals surface area contributed by atoms with E-state index in [1.54, 1.807) is 0 Å². The zero-order valence-corrected chi connectivity index (χ0v) is 12.1. The van der Waals surface area contributed by atoms with Crippen molar-refractivity contribution in [2.24, 2.45) is 0 Å². The maximum Gasteiger partial charge on any atom is 0.0220 e. The van der Waals surface area contributed by atoms with Crippen LogP contribution in [0.1, 0.15) is 5.56 Å². The number of nitrogens with one attached hydrogen (secondary N) is 1. The fourth-order valence-corrected chi connectivity index (χ4v) is 2.60. The molecule has 0 bridgehead atoms. The Balaban J connectivity index is 0.00000147. The molecule has 0 radical (unpaired) electrons. The van der Waals surface area contributed by atoms with Crippen LogP contribution in [0.15, 0.2) is 67.3 Å². The van der Waals surface area contributed by atoms with Crippen molar-refractivity contribution in [3.8, 4) is 0 Å². The van der Waals surface area contributed by atoms with Gasteiger partial charge in [0, 0.05) is 13.1 Å². The van der Waals surface area contributed by atoms with Gasteiger partial charge in [0.2, 0.25) is 0 Å². The molecule has 0 heterocycles. The average molecular weight is 284 g/mol. The van der Waals surface area contributed by atoms with Crippen molar-refractivity contribution < 1.29 is 0 Å². The van der Waals surface area contributed by atoms with Crippen LogP contribution in [-0.4, -0.2) is 6.54 Å². The molecule has 2 heteroatoms. The van der Waals surface area contributed by atoms with Crippen molar-refractivity contribution in [3.63, 3.8) is 0 Å². The van der Waals surface area contributed by atoms with Crippen LogP contribution >= 0.6 is 12.4 Å². The predicted octanol–water partition coefficient (Wildman–Crippen LogP) is 4.69. The molecule has 20 heavy (non-hydrogen) atoms. The van der Waals surface area contributed by atoms with Crippen LogP contribution < -0.4 is 5.32 Å². The smallest absolute Gasteiger partial charge is 0.0220 e. The zero-order valence-electron chi connectivity index (χ0n) is 11.3. The van der Waals surface area contributed by atoms with Gasteiger partial charge in [0.1, 0.15) is 0 Å². The summed E-state index contributed by atoms with van der Waals surface area (Å²) in [5, 5.41) is 8.68. The van der Waals surface area contributed by atoms with Gasteiger partial charge < -0.3 is 5.32 Å². The first-order chi connectivity index (χ1) is 9.40. The maximum absolute atomic E-state index is 3.75. The molecule has 0 saturated carbocycles. The molecule has 3 aromatic rings. The van der Waals surface area contributed by atoms with Gasteiger partial charge in [-0.05, 0) is 33.2 Å². The molecule has 0 aliphatic rings. The first-order valence-electron chi connectivity index (χ1n) is 6.61. The lowest BCUT2D eigenvalue weighted by molar-refractivity contribution is 0.769. The predicted molar refractivity (Wildman–Crippen MR) is 90.6 cm³/mol. The summed E-state index contributed by atoms with van der Waals surface area (Å²) in [4.78, 5) is 0. The summed E-state index contributed by atoms with van der Waals surface area (Å²) in [5.74, 6) is 0. The van der Waals surface area contributed by atoms with Gasteiger partial charge >= 0.3 is 0 Å². The summed E-state index contributed by atoms with van der Waals surface area (Å²) in [6.45, 7) is 5.45. The summed E-state index contributed by atoms with van der Waals surface area (Å²) in [6, 6.07) is 19.4. The molecule has 3 rings (SSSR count). The quantitative estimate of drug-likeness (QED) is 0.416. The van der Waals surface area contributed by atoms with Gasteiger partial charge in [-0.3, -0.25) is 0 Å². The summed E-state index contributed by atoms with van der Waals surface area (Å²) in [7, 11) is 0. The molecule has 0 saturated heterocycles. The van der Waals surface area contributed by atoms with E-state index < -0.39 is 0 Å². The Morgan fingerprint density at radius 1 is 0.900 bits per heavy atom. The minimum Gasteiger partial charge on any atom is -0.309 e. The first-order valence-corrected chi connectivity index (χ1v) is 6.61. The van der Waals surface area contributed by atoms with E-state index in [0.717, 1.165) is 13.1 Å². The third-order valence-corrected chi connectivity index (χ3v) is 3.47. The second kappa shape index (κ2) is 6.56. The maximum atomic E-state index is 3.75. The molecule has 1 nitrogen and oxygen atoms in total. The minimum atomic E-state index is 0. The molecule has 0 aliphatic carbocycles. The topological polar surface area (TPSA) is 12.0 Å². The number of fused-ring (bicyclic) bond motifs is 2. The monoisotopic (exact) mass is 283 g/mol. The SMILES string of the molecule is C=CCNCc1c2ccccc2cc2ccccc12.Cl. The molecule has 0 unspecified atom stereocenters. The van der Waals surface area contributed by atoms with Crippen molar-refractivity contribution >= 4 is 34.0 Å². The highest BCUT2D eigenvalue weighted by molar-refractivity contribution is 6.02. The Hall–Kier alpha value is -1.83.